The second-order valence-electron chi connectivity index (χ2n) is 2.90. The van der Waals surface area contributed by atoms with Crippen molar-refractivity contribution in [2.24, 2.45) is 0 Å². The van der Waals surface area contributed by atoms with E-state index in [-0.39, 0.29) is 9.83 Å². The molecule has 0 amide bonds. The second-order valence-corrected chi connectivity index (χ2v) is 4.40. The number of carbonyl (C=O) groups excluding carboxylic acids is 1. The molecule has 0 spiro atoms. The van der Waals surface area contributed by atoms with E-state index in [1.165, 1.54) is 5.38 Å². The van der Waals surface area contributed by atoms with Crippen molar-refractivity contribution in [2.75, 3.05) is 0 Å². The molecule has 1 N–H and O–H groups in total. The minimum atomic E-state index is -0.564. The maximum absolute atomic E-state index is 11.6. The van der Waals surface area contributed by atoms with Gasteiger partial charge in [-0.3, -0.25) is 0 Å². The largest absolute Gasteiger partial charge is 0.492 e. The lowest BCUT2D eigenvalue weighted by atomic mass is 10.2. The lowest BCUT2D eigenvalue weighted by Crippen LogP contribution is -2.19. The number of aromatic nitrogens is 1. The highest BCUT2D eigenvalue weighted by Crippen LogP contribution is 2.15. The Kier molecular flexibility index (Phi) is 3.02. The van der Waals surface area contributed by atoms with Crippen molar-refractivity contribution in [3.8, 4) is 5.88 Å². The molecular formula is C10H7NO3S2. The molecule has 2 rings (SSSR count). The molecule has 0 aliphatic heterocycles. The first-order valence-electron chi connectivity index (χ1n) is 4.35. The van der Waals surface area contributed by atoms with E-state index >= 15 is 0 Å². The number of carbonyl (C=O) groups is 1. The summed E-state index contributed by atoms with van der Waals surface area (Å²) >= 11 is 6.00. The highest BCUT2D eigenvalue weighted by Gasteiger charge is 2.11. The summed E-state index contributed by atoms with van der Waals surface area (Å²) in [4.78, 5) is 16.6. The Bertz CT molecular complexity index is 559. The van der Waals surface area contributed by atoms with E-state index in [4.69, 9.17) is 17.1 Å². The zero-order chi connectivity index (χ0) is 11.5. The Morgan fingerprint density at radius 3 is 2.62 bits per heavy atom. The number of hydrogen-bond acceptors (Lipinski definition) is 5. The SMILES string of the molecule is O=C(On1c(O)csc1=S)c1ccccc1. The molecule has 0 saturated carbocycles. The highest BCUT2D eigenvalue weighted by atomic mass is 32.1. The monoisotopic (exact) mass is 253 g/mol. The van der Waals surface area contributed by atoms with E-state index in [1.54, 1.807) is 30.3 Å². The Hall–Kier alpha value is -1.66. The zero-order valence-corrected chi connectivity index (χ0v) is 9.62. The predicted molar refractivity (Wildman–Crippen MR) is 62.2 cm³/mol. The number of hydrogen-bond donors (Lipinski definition) is 1. The summed E-state index contributed by atoms with van der Waals surface area (Å²) in [6.45, 7) is 0. The minimum absolute atomic E-state index is 0.181. The van der Waals surface area contributed by atoms with Crippen LogP contribution in [0.15, 0.2) is 35.7 Å². The second kappa shape index (κ2) is 4.46. The van der Waals surface area contributed by atoms with E-state index in [1.807, 2.05) is 0 Å². The van der Waals surface area contributed by atoms with Crippen LogP contribution in [0.3, 0.4) is 0 Å². The Morgan fingerprint density at radius 1 is 1.38 bits per heavy atom. The summed E-state index contributed by atoms with van der Waals surface area (Å²) in [5.74, 6) is -0.746. The van der Waals surface area contributed by atoms with Gasteiger partial charge in [-0.25, -0.2) is 4.79 Å². The fourth-order valence-corrected chi connectivity index (χ4v) is 1.89. The fraction of sp³-hybridized carbons (Fsp3) is 0. The number of aromatic hydroxyl groups is 1. The van der Waals surface area contributed by atoms with Gasteiger partial charge >= 0.3 is 5.97 Å². The summed E-state index contributed by atoms with van der Waals surface area (Å²) in [5.41, 5.74) is 0.398. The first kappa shape index (κ1) is 10.8. The normalized spacial score (nSPS) is 10.0. The molecule has 0 atom stereocenters. The molecule has 0 bridgehead atoms. The quantitative estimate of drug-likeness (QED) is 0.834. The van der Waals surface area contributed by atoms with Gasteiger partial charge in [0.1, 0.15) is 0 Å². The maximum Gasteiger partial charge on any atom is 0.363 e. The molecule has 1 heterocycles. The first-order chi connectivity index (χ1) is 7.68. The van der Waals surface area contributed by atoms with Crippen molar-refractivity contribution in [3.05, 3.63) is 45.2 Å². The van der Waals surface area contributed by atoms with E-state index in [0.717, 1.165) is 16.1 Å². The number of rotatable bonds is 2. The molecule has 0 aliphatic rings. The Morgan fingerprint density at radius 2 is 2.06 bits per heavy atom. The number of thiazole rings is 1. The fourth-order valence-electron chi connectivity index (χ4n) is 1.09. The van der Waals surface area contributed by atoms with Crippen LogP contribution in [0.25, 0.3) is 0 Å². The van der Waals surface area contributed by atoms with Crippen LogP contribution in [-0.4, -0.2) is 15.8 Å². The Balaban J connectivity index is 2.24. The van der Waals surface area contributed by atoms with E-state index in [9.17, 15) is 9.90 Å². The van der Waals surface area contributed by atoms with Crippen LogP contribution < -0.4 is 4.84 Å². The third-order valence-electron chi connectivity index (χ3n) is 1.82. The topological polar surface area (TPSA) is 51.5 Å². The van der Waals surface area contributed by atoms with Gasteiger partial charge in [0.05, 0.1) is 10.9 Å². The molecule has 0 saturated heterocycles. The smallest absolute Gasteiger partial charge is 0.363 e. The van der Waals surface area contributed by atoms with Gasteiger partial charge in [-0.15, -0.1) is 16.1 Å². The molecule has 16 heavy (non-hydrogen) atoms. The summed E-state index contributed by atoms with van der Waals surface area (Å²) in [5, 5.41) is 10.8. The van der Waals surface area contributed by atoms with Crippen LogP contribution in [0.1, 0.15) is 10.4 Å². The molecule has 0 unspecified atom stereocenters. The summed E-state index contributed by atoms with van der Waals surface area (Å²) in [6.07, 6.45) is 0. The van der Waals surface area contributed by atoms with Crippen molar-refractivity contribution in [3.63, 3.8) is 0 Å². The molecule has 4 nitrogen and oxygen atoms in total. The molecule has 0 aliphatic carbocycles. The lowest BCUT2D eigenvalue weighted by molar-refractivity contribution is 0.0420. The number of nitrogens with zero attached hydrogens (tertiary/aromatic N) is 1. The van der Waals surface area contributed by atoms with Gasteiger partial charge in [-0.05, 0) is 24.4 Å². The molecule has 2 aromatic rings. The summed E-state index contributed by atoms with van der Waals surface area (Å²) < 4.78 is 1.21. The standard InChI is InChI=1S/C10H7NO3S2/c12-8-6-16-10(15)11(8)14-9(13)7-4-2-1-3-5-7/h1-6,12H. The molecule has 6 heteroatoms. The molecule has 82 valence electrons. The van der Waals surface area contributed by atoms with Crippen LogP contribution in [-0.2, 0) is 0 Å². The predicted octanol–water partition coefficient (Wildman–Crippen LogP) is 2.25. The van der Waals surface area contributed by atoms with E-state index in [2.05, 4.69) is 0 Å². The van der Waals surface area contributed by atoms with Crippen LogP contribution in [0.4, 0.5) is 0 Å². The third-order valence-corrected chi connectivity index (χ3v) is 2.97. The average Bonchev–Trinajstić information content (AvgIpc) is 2.62. The lowest BCUT2D eigenvalue weighted by Gasteiger charge is -2.04. The van der Waals surface area contributed by atoms with Gasteiger partial charge in [0.15, 0.2) is 0 Å². The van der Waals surface area contributed by atoms with Crippen LogP contribution in [0.2, 0.25) is 0 Å². The minimum Gasteiger partial charge on any atom is -0.492 e. The molecule has 0 fully saturated rings. The average molecular weight is 253 g/mol. The van der Waals surface area contributed by atoms with Gasteiger partial charge in [0, 0.05) is 0 Å². The zero-order valence-electron chi connectivity index (χ0n) is 7.99. The summed E-state index contributed by atoms with van der Waals surface area (Å²) in [7, 11) is 0. The molecule has 0 radical (unpaired) electrons. The van der Waals surface area contributed by atoms with Crippen molar-refractivity contribution in [1.29, 1.82) is 0 Å². The van der Waals surface area contributed by atoms with Crippen molar-refractivity contribution >= 4 is 29.5 Å². The van der Waals surface area contributed by atoms with Gasteiger partial charge in [-0.1, -0.05) is 18.2 Å². The molecule has 1 aromatic heterocycles. The Labute approximate surface area is 100 Å². The van der Waals surface area contributed by atoms with Crippen LogP contribution >= 0.6 is 23.6 Å². The highest BCUT2D eigenvalue weighted by molar-refractivity contribution is 7.73. The van der Waals surface area contributed by atoms with Crippen LogP contribution in [0, 0.1) is 3.95 Å². The molecule has 1 aromatic carbocycles. The van der Waals surface area contributed by atoms with Gasteiger partial charge in [-0.2, -0.15) is 0 Å². The third kappa shape index (κ3) is 2.12. The van der Waals surface area contributed by atoms with Gasteiger partial charge in [0.25, 0.3) is 0 Å². The maximum atomic E-state index is 11.6. The first-order valence-corrected chi connectivity index (χ1v) is 5.64. The number of benzene rings is 1. The van der Waals surface area contributed by atoms with Gasteiger partial charge < -0.3 is 9.94 Å². The van der Waals surface area contributed by atoms with Crippen molar-refractivity contribution in [2.45, 2.75) is 0 Å². The van der Waals surface area contributed by atoms with E-state index < -0.39 is 5.97 Å². The van der Waals surface area contributed by atoms with Crippen molar-refractivity contribution in [1.82, 2.24) is 4.73 Å². The van der Waals surface area contributed by atoms with Crippen molar-refractivity contribution < 1.29 is 14.7 Å². The van der Waals surface area contributed by atoms with Crippen LogP contribution in [0.5, 0.6) is 5.88 Å². The summed E-state index contributed by atoms with van der Waals surface area (Å²) in [6, 6.07) is 8.49. The van der Waals surface area contributed by atoms with Gasteiger partial charge in [0.2, 0.25) is 9.83 Å². The van der Waals surface area contributed by atoms with E-state index in [0.29, 0.717) is 5.56 Å². The molecular weight excluding hydrogens is 246 g/mol.